The van der Waals surface area contributed by atoms with Crippen LogP contribution in [0.4, 0.5) is 16.0 Å². The van der Waals surface area contributed by atoms with Gasteiger partial charge in [0.15, 0.2) is 0 Å². The lowest BCUT2D eigenvalue weighted by molar-refractivity contribution is 0.628. The Bertz CT molecular complexity index is 815. The largest absolute Gasteiger partial charge is 0.326 e. The summed E-state index contributed by atoms with van der Waals surface area (Å²) in [6.45, 7) is 0. The predicted octanol–water partition coefficient (Wildman–Crippen LogP) is 3.32. The zero-order valence-corrected chi connectivity index (χ0v) is 11.0. The van der Waals surface area contributed by atoms with Crippen LogP contribution in [0.2, 0.25) is 0 Å². The van der Waals surface area contributed by atoms with Gasteiger partial charge in [0.1, 0.15) is 5.82 Å². The van der Waals surface area contributed by atoms with Gasteiger partial charge >= 0.3 is 0 Å². The molecule has 0 radical (unpaired) electrons. The Kier molecular flexibility index (Phi) is 3.47. The van der Waals surface area contributed by atoms with Crippen molar-refractivity contribution in [1.29, 1.82) is 0 Å². The van der Waals surface area contributed by atoms with E-state index in [-0.39, 0.29) is 17.3 Å². The minimum Gasteiger partial charge on any atom is -0.326 e. The van der Waals surface area contributed by atoms with Crippen LogP contribution >= 0.6 is 0 Å². The molecule has 0 saturated carbocycles. The summed E-state index contributed by atoms with van der Waals surface area (Å²) in [6.07, 6.45) is 0. The lowest BCUT2D eigenvalue weighted by atomic mass is 10.1. The number of nitrogens with one attached hydrogen (secondary N) is 2. The topological polar surface area (TPSA) is 57.8 Å². The molecule has 0 saturated heterocycles. The molecule has 21 heavy (non-hydrogen) atoms. The molecule has 0 aliphatic rings. The van der Waals surface area contributed by atoms with E-state index in [0.29, 0.717) is 11.4 Å². The summed E-state index contributed by atoms with van der Waals surface area (Å²) in [5.41, 5.74) is 1.63. The molecule has 0 aliphatic heterocycles. The number of nitrogens with zero attached hydrogens (tertiary/aromatic N) is 1. The van der Waals surface area contributed by atoms with E-state index in [2.05, 4.69) is 15.3 Å². The number of aromatic nitrogens is 2. The first-order valence-corrected chi connectivity index (χ1v) is 6.40. The molecule has 5 heteroatoms. The summed E-state index contributed by atoms with van der Waals surface area (Å²) in [7, 11) is 0. The fourth-order valence-electron chi connectivity index (χ4n) is 1.98. The Morgan fingerprint density at radius 3 is 2.57 bits per heavy atom. The van der Waals surface area contributed by atoms with E-state index in [4.69, 9.17) is 0 Å². The summed E-state index contributed by atoms with van der Waals surface area (Å²) in [5.74, 6) is -0.0893. The molecule has 0 amide bonds. The van der Waals surface area contributed by atoms with E-state index in [0.717, 1.165) is 5.56 Å². The summed E-state index contributed by atoms with van der Waals surface area (Å²) >= 11 is 0. The van der Waals surface area contributed by atoms with Gasteiger partial charge < -0.3 is 5.32 Å². The van der Waals surface area contributed by atoms with Crippen molar-refractivity contribution >= 4 is 11.6 Å². The Morgan fingerprint density at radius 1 is 1.00 bits per heavy atom. The highest BCUT2D eigenvalue weighted by Gasteiger charge is 2.04. The van der Waals surface area contributed by atoms with E-state index in [1.54, 1.807) is 12.1 Å². The van der Waals surface area contributed by atoms with Crippen molar-refractivity contribution in [1.82, 2.24) is 9.97 Å². The smallest absolute Gasteiger partial charge is 0.252 e. The van der Waals surface area contributed by atoms with Gasteiger partial charge in [0.2, 0.25) is 5.95 Å². The highest BCUT2D eigenvalue weighted by molar-refractivity contribution is 5.61. The SMILES string of the molecule is O=c1cc(-c2ccccc2)nc(Nc2cccc(F)c2)[nH]1. The van der Waals surface area contributed by atoms with Gasteiger partial charge in [-0.25, -0.2) is 9.37 Å². The lowest BCUT2D eigenvalue weighted by Crippen LogP contribution is -2.10. The second-order valence-electron chi connectivity index (χ2n) is 4.48. The summed E-state index contributed by atoms with van der Waals surface area (Å²) in [6, 6.07) is 16.7. The third kappa shape index (κ3) is 3.14. The van der Waals surface area contributed by atoms with E-state index in [1.165, 1.54) is 18.2 Å². The maximum atomic E-state index is 13.2. The molecular weight excluding hydrogens is 269 g/mol. The molecule has 1 heterocycles. The average molecular weight is 281 g/mol. The highest BCUT2D eigenvalue weighted by Crippen LogP contribution is 2.18. The van der Waals surface area contributed by atoms with Crippen LogP contribution in [0.1, 0.15) is 0 Å². The van der Waals surface area contributed by atoms with E-state index in [1.807, 2.05) is 30.3 Å². The number of halogens is 1. The number of benzene rings is 2. The zero-order valence-electron chi connectivity index (χ0n) is 11.0. The molecule has 0 spiro atoms. The molecule has 0 fully saturated rings. The number of H-pyrrole nitrogens is 1. The molecule has 0 unspecified atom stereocenters. The van der Waals surface area contributed by atoms with Crippen molar-refractivity contribution in [3.8, 4) is 11.3 Å². The fourth-order valence-corrected chi connectivity index (χ4v) is 1.98. The molecule has 4 nitrogen and oxygen atoms in total. The number of hydrogen-bond acceptors (Lipinski definition) is 3. The van der Waals surface area contributed by atoms with Gasteiger partial charge in [-0.1, -0.05) is 36.4 Å². The van der Waals surface area contributed by atoms with Crippen LogP contribution in [0.3, 0.4) is 0 Å². The van der Waals surface area contributed by atoms with Crippen LogP contribution in [0.5, 0.6) is 0 Å². The van der Waals surface area contributed by atoms with Crippen LogP contribution in [0, 0.1) is 5.82 Å². The van der Waals surface area contributed by atoms with E-state index in [9.17, 15) is 9.18 Å². The van der Waals surface area contributed by atoms with Crippen LogP contribution in [0.15, 0.2) is 65.5 Å². The van der Waals surface area contributed by atoms with Gasteiger partial charge in [-0.05, 0) is 18.2 Å². The molecule has 2 N–H and O–H groups in total. The predicted molar refractivity (Wildman–Crippen MR) is 80.0 cm³/mol. The monoisotopic (exact) mass is 281 g/mol. The summed E-state index contributed by atoms with van der Waals surface area (Å²) in [5, 5.41) is 2.89. The first-order valence-electron chi connectivity index (χ1n) is 6.40. The van der Waals surface area contributed by atoms with Crippen LogP contribution in [-0.4, -0.2) is 9.97 Å². The first-order chi connectivity index (χ1) is 10.2. The average Bonchev–Trinajstić information content (AvgIpc) is 2.47. The van der Waals surface area contributed by atoms with Crippen LogP contribution < -0.4 is 10.9 Å². The number of anilines is 2. The van der Waals surface area contributed by atoms with Gasteiger partial charge in [-0.3, -0.25) is 9.78 Å². The Morgan fingerprint density at radius 2 is 1.81 bits per heavy atom. The van der Waals surface area contributed by atoms with Crippen molar-refractivity contribution < 1.29 is 4.39 Å². The summed E-state index contributed by atoms with van der Waals surface area (Å²) < 4.78 is 13.2. The maximum absolute atomic E-state index is 13.2. The number of hydrogen-bond donors (Lipinski definition) is 2. The summed E-state index contributed by atoms with van der Waals surface area (Å²) in [4.78, 5) is 18.7. The second kappa shape index (κ2) is 5.58. The Balaban J connectivity index is 1.97. The third-order valence-corrected chi connectivity index (χ3v) is 2.90. The van der Waals surface area contributed by atoms with Crippen molar-refractivity contribution in [3.05, 3.63) is 76.8 Å². The van der Waals surface area contributed by atoms with Gasteiger partial charge in [-0.15, -0.1) is 0 Å². The van der Waals surface area contributed by atoms with Crippen LogP contribution in [0.25, 0.3) is 11.3 Å². The molecular formula is C16H12FN3O. The third-order valence-electron chi connectivity index (χ3n) is 2.90. The van der Waals surface area contributed by atoms with E-state index >= 15 is 0 Å². The molecule has 2 aromatic carbocycles. The van der Waals surface area contributed by atoms with Crippen LogP contribution in [-0.2, 0) is 0 Å². The van der Waals surface area contributed by atoms with Gasteiger partial charge in [-0.2, -0.15) is 0 Å². The lowest BCUT2D eigenvalue weighted by Gasteiger charge is -2.07. The van der Waals surface area contributed by atoms with Gasteiger partial charge in [0.05, 0.1) is 5.69 Å². The molecule has 104 valence electrons. The maximum Gasteiger partial charge on any atom is 0.252 e. The normalized spacial score (nSPS) is 10.3. The molecule has 0 atom stereocenters. The second-order valence-corrected chi connectivity index (χ2v) is 4.48. The minimum atomic E-state index is -0.360. The number of aromatic amines is 1. The molecule has 0 bridgehead atoms. The van der Waals surface area contributed by atoms with E-state index < -0.39 is 0 Å². The van der Waals surface area contributed by atoms with Crippen molar-refractivity contribution in [2.24, 2.45) is 0 Å². The first kappa shape index (κ1) is 13.1. The molecule has 1 aromatic heterocycles. The van der Waals surface area contributed by atoms with Crippen molar-refractivity contribution in [3.63, 3.8) is 0 Å². The Hall–Kier alpha value is -2.95. The quantitative estimate of drug-likeness (QED) is 0.774. The Labute approximate surface area is 120 Å². The van der Waals surface area contributed by atoms with Crippen molar-refractivity contribution in [2.45, 2.75) is 0 Å². The highest BCUT2D eigenvalue weighted by atomic mass is 19.1. The molecule has 3 rings (SSSR count). The van der Waals surface area contributed by atoms with Crippen molar-refractivity contribution in [2.75, 3.05) is 5.32 Å². The molecule has 0 aliphatic carbocycles. The van der Waals surface area contributed by atoms with Gasteiger partial charge in [0, 0.05) is 17.3 Å². The molecule has 3 aromatic rings. The minimum absolute atomic E-state index is 0.270. The zero-order chi connectivity index (χ0) is 14.7. The standard InChI is InChI=1S/C16H12FN3O/c17-12-7-4-8-13(9-12)18-16-19-14(10-15(21)20-16)11-5-2-1-3-6-11/h1-10H,(H2,18,19,20,21). The fraction of sp³-hybridized carbons (Fsp3) is 0. The van der Waals surface area contributed by atoms with Gasteiger partial charge in [0.25, 0.3) is 5.56 Å². The number of rotatable bonds is 3.